The minimum atomic E-state index is 0.161. The molecule has 0 unspecified atom stereocenters. The van der Waals surface area contributed by atoms with E-state index in [0.717, 1.165) is 17.7 Å². The molecule has 0 spiro atoms. The van der Waals surface area contributed by atoms with Gasteiger partial charge in [-0.05, 0) is 11.6 Å². The van der Waals surface area contributed by atoms with Crippen LogP contribution in [0.25, 0.3) is 0 Å². The molecule has 3 rings (SSSR count). The molecule has 2 aliphatic rings. The summed E-state index contributed by atoms with van der Waals surface area (Å²) in [4.78, 5) is 13.8. The molecule has 0 bridgehead atoms. The molecule has 0 aromatic heterocycles. The summed E-state index contributed by atoms with van der Waals surface area (Å²) in [6, 6.07) is 8.11. The quantitative estimate of drug-likeness (QED) is 0.660. The molecule has 1 fully saturated rings. The predicted octanol–water partition coefficient (Wildman–Crippen LogP) is 1.04. The average Bonchev–Trinajstić information content (AvgIpc) is 2.43. The SMILES string of the molecule is O=C1c2ccccc2CN1C1COC1. The highest BCUT2D eigenvalue weighted by Gasteiger charge is 2.35. The summed E-state index contributed by atoms with van der Waals surface area (Å²) in [5, 5.41) is 0. The molecule has 2 aliphatic heterocycles. The van der Waals surface area contributed by atoms with Crippen LogP contribution in [0, 0.1) is 0 Å². The average molecular weight is 189 g/mol. The summed E-state index contributed by atoms with van der Waals surface area (Å²) in [5.74, 6) is 0.161. The Hall–Kier alpha value is -1.35. The van der Waals surface area contributed by atoms with Crippen LogP contribution in [0.4, 0.5) is 0 Å². The van der Waals surface area contributed by atoms with E-state index in [0.29, 0.717) is 19.3 Å². The van der Waals surface area contributed by atoms with Crippen molar-refractivity contribution in [1.29, 1.82) is 0 Å². The molecule has 0 aliphatic carbocycles. The third-order valence-electron chi connectivity index (χ3n) is 2.91. The summed E-state index contributed by atoms with van der Waals surface area (Å²) < 4.78 is 5.10. The first-order valence-electron chi connectivity index (χ1n) is 4.83. The number of amides is 1. The van der Waals surface area contributed by atoms with Crippen LogP contribution < -0.4 is 0 Å². The third-order valence-corrected chi connectivity index (χ3v) is 2.91. The van der Waals surface area contributed by atoms with Crippen LogP contribution in [0.15, 0.2) is 24.3 Å². The molecule has 0 saturated carbocycles. The maximum absolute atomic E-state index is 11.9. The van der Waals surface area contributed by atoms with E-state index in [1.54, 1.807) is 0 Å². The van der Waals surface area contributed by atoms with E-state index in [4.69, 9.17) is 4.74 Å². The Morgan fingerprint density at radius 3 is 2.71 bits per heavy atom. The number of fused-ring (bicyclic) bond motifs is 1. The van der Waals surface area contributed by atoms with Gasteiger partial charge in [-0.2, -0.15) is 0 Å². The number of benzene rings is 1. The maximum Gasteiger partial charge on any atom is 0.254 e. The second-order valence-corrected chi connectivity index (χ2v) is 3.78. The van der Waals surface area contributed by atoms with Crippen LogP contribution in [0.2, 0.25) is 0 Å². The molecule has 14 heavy (non-hydrogen) atoms. The number of hydrogen-bond donors (Lipinski definition) is 0. The van der Waals surface area contributed by atoms with Crippen LogP contribution in [-0.4, -0.2) is 30.1 Å². The van der Waals surface area contributed by atoms with Crippen molar-refractivity contribution in [3.8, 4) is 0 Å². The zero-order valence-electron chi connectivity index (χ0n) is 7.77. The van der Waals surface area contributed by atoms with E-state index >= 15 is 0 Å². The summed E-state index contributed by atoms with van der Waals surface area (Å²) in [6.07, 6.45) is 0. The van der Waals surface area contributed by atoms with Gasteiger partial charge in [0.25, 0.3) is 5.91 Å². The number of nitrogens with zero attached hydrogens (tertiary/aromatic N) is 1. The van der Waals surface area contributed by atoms with Crippen molar-refractivity contribution in [2.24, 2.45) is 0 Å². The van der Waals surface area contributed by atoms with Gasteiger partial charge < -0.3 is 9.64 Å². The number of hydrogen-bond acceptors (Lipinski definition) is 2. The van der Waals surface area contributed by atoms with Crippen molar-refractivity contribution >= 4 is 5.91 Å². The fourth-order valence-corrected chi connectivity index (χ4v) is 1.97. The third kappa shape index (κ3) is 0.990. The Balaban J connectivity index is 1.93. The van der Waals surface area contributed by atoms with Crippen LogP contribution in [0.1, 0.15) is 15.9 Å². The molecule has 0 atom stereocenters. The van der Waals surface area contributed by atoms with Gasteiger partial charge in [0.05, 0.1) is 19.3 Å². The normalized spacial score (nSPS) is 20.9. The highest BCUT2D eigenvalue weighted by atomic mass is 16.5. The van der Waals surface area contributed by atoms with Gasteiger partial charge in [-0.1, -0.05) is 18.2 Å². The van der Waals surface area contributed by atoms with Crippen molar-refractivity contribution in [1.82, 2.24) is 4.90 Å². The Kier molecular flexibility index (Phi) is 1.61. The Morgan fingerprint density at radius 2 is 2.07 bits per heavy atom. The zero-order chi connectivity index (χ0) is 9.54. The van der Waals surface area contributed by atoms with E-state index in [9.17, 15) is 4.79 Å². The Labute approximate surface area is 82.3 Å². The molecule has 0 radical (unpaired) electrons. The second-order valence-electron chi connectivity index (χ2n) is 3.78. The largest absolute Gasteiger partial charge is 0.377 e. The summed E-state index contributed by atoms with van der Waals surface area (Å²) >= 11 is 0. The number of ether oxygens (including phenoxy) is 1. The van der Waals surface area contributed by atoms with Crippen LogP contribution in [-0.2, 0) is 11.3 Å². The van der Waals surface area contributed by atoms with Gasteiger partial charge in [0.15, 0.2) is 0 Å². The molecular weight excluding hydrogens is 178 g/mol. The first-order valence-corrected chi connectivity index (χ1v) is 4.83. The van der Waals surface area contributed by atoms with Crippen molar-refractivity contribution in [2.45, 2.75) is 12.6 Å². The number of carbonyl (C=O) groups is 1. The molecule has 2 heterocycles. The minimum absolute atomic E-state index is 0.161. The number of carbonyl (C=O) groups excluding carboxylic acids is 1. The molecule has 1 aromatic carbocycles. The van der Waals surface area contributed by atoms with Crippen molar-refractivity contribution < 1.29 is 9.53 Å². The van der Waals surface area contributed by atoms with E-state index in [1.165, 1.54) is 0 Å². The van der Waals surface area contributed by atoms with E-state index < -0.39 is 0 Å². The van der Waals surface area contributed by atoms with Gasteiger partial charge in [0.1, 0.15) is 0 Å². The smallest absolute Gasteiger partial charge is 0.254 e. The lowest BCUT2D eigenvalue weighted by atomic mass is 10.1. The molecule has 3 heteroatoms. The summed E-state index contributed by atoms with van der Waals surface area (Å²) in [5.41, 5.74) is 2.00. The van der Waals surface area contributed by atoms with E-state index in [1.807, 2.05) is 29.2 Å². The topological polar surface area (TPSA) is 29.5 Å². The Bertz CT molecular complexity index is 385. The second kappa shape index (κ2) is 2.82. The summed E-state index contributed by atoms with van der Waals surface area (Å²) in [7, 11) is 0. The lowest BCUT2D eigenvalue weighted by Crippen LogP contribution is -2.48. The minimum Gasteiger partial charge on any atom is -0.377 e. The van der Waals surface area contributed by atoms with E-state index in [2.05, 4.69) is 0 Å². The maximum atomic E-state index is 11.9. The van der Waals surface area contributed by atoms with Gasteiger partial charge in [-0.25, -0.2) is 0 Å². The molecule has 72 valence electrons. The van der Waals surface area contributed by atoms with Crippen LogP contribution >= 0.6 is 0 Å². The predicted molar refractivity (Wildman–Crippen MR) is 50.9 cm³/mol. The highest BCUT2D eigenvalue weighted by Crippen LogP contribution is 2.26. The van der Waals surface area contributed by atoms with Crippen LogP contribution in [0.3, 0.4) is 0 Å². The molecule has 1 aromatic rings. The zero-order valence-corrected chi connectivity index (χ0v) is 7.77. The fraction of sp³-hybridized carbons (Fsp3) is 0.364. The lowest BCUT2D eigenvalue weighted by Gasteiger charge is -2.34. The van der Waals surface area contributed by atoms with Crippen molar-refractivity contribution in [2.75, 3.05) is 13.2 Å². The highest BCUT2D eigenvalue weighted by molar-refractivity contribution is 5.98. The standard InChI is InChI=1S/C11H11NO2/c13-11-10-4-2-1-3-8(10)5-12(11)9-6-14-7-9/h1-4,9H,5-7H2. The van der Waals surface area contributed by atoms with Crippen molar-refractivity contribution in [3.05, 3.63) is 35.4 Å². The fourth-order valence-electron chi connectivity index (χ4n) is 1.97. The van der Waals surface area contributed by atoms with Gasteiger partial charge >= 0.3 is 0 Å². The Morgan fingerprint density at radius 1 is 1.29 bits per heavy atom. The van der Waals surface area contributed by atoms with E-state index in [-0.39, 0.29) is 5.91 Å². The molecular formula is C11H11NO2. The van der Waals surface area contributed by atoms with Gasteiger partial charge in [0, 0.05) is 12.1 Å². The van der Waals surface area contributed by atoms with Crippen molar-refractivity contribution in [3.63, 3.8) is 0 Å². The van der Waals surface area contributed by atoms with Gasteiger partial charge in [-0.15, -0.1) is 0 Å². The molecule has 0 N–H and O–H groups in total. The van der Waals surface area contributed by atoms with Gasteiger partial charge in [-0.3, -0.25) is 4.79 Å². The first-order chi connectivity index (χ1) is 6.86. The first kappa shape index (κ1) is 8.00. The molecule has 1 amide bonds. The monoisotopic (exact) mass is 189 g/mol. The number of rotatable bonds is 1. The molecule has 3 nitrogen and oxygen atoms in total. The lowest BCUT2D eigenvalue weighted by molar-refractivity contribution is -0.0540. The molecule has 1 saturated heterocycles. The van der Waals surface area contributed by atoms with Crippen LogP contribution in [0.5, 0.6) is 0 Å². The summed E-state index contributed by atoms with van der Waals surface area (Å²) in [6.45, 7) is 2.14. The van der Waals surface area contributed by atoms with Gasteiger partial charge in [0.2, 0.25) is 0 Å².